The zero-order valence-electron chi connectivity index (χ0n) is 15.6. The van der Waals surface area contributed by atoms with Gasteiger partial charge in [-0.05, 0) is 54.4 Å². The number of nitrogens with zero attached hydrogens (tertiary/aromatic N) is 1. The summed E-state index contributed by atoms with van der Waals surface area (Å²) in [6.45, 7) is 19.4. The fraction of sp³-hybridized carbons (Fsp3) is 0.737. The molecule has 0 aromatic rings. The van der Waals surface area contributed by atoms with Gasteiger partial charge in [-0.25, -0.2) is 0 Å². The van der Waals surface area contributed by atoms with Crippen LogP contribution in [0.5, 0.6) is 0 Å². The highest BCUT2D eigenvalue weighted by atomic mass is 16.2. The average molecular weight is 293 g/mol. The topological polar surface area (TPSA) is 20.3 Å². The summed E-state index contributed by atoms with van der Waals surface area (Å²) in [4.78, 5) is 14.6. The molecular weight excluding hydrogens is 258 g/mol. The van der Waals surface area contributed by atoms with Crippen molar-refractivity contribution in [2.45, 2.75) is 80.7 Å². The molecule has 122 valence electrons. The molecule has 0 fully saturated rings. The van der Waals surface area contributed by atoms with Crippen LogP contribution < -0.4 is 0 Å². The van der Waals surface area contributed by atoms with E-state index in [1.807, 2.05) is 25.7 Å². The number of carbonyl (C=O) groups excluding carboxylic acids is 1. The van der Waals surface area contributed by atoms with E-state index in [0.29, 0.717) is 6.54 Å². The lowest BCUT2D eigenvalue weighted by Gasteiger charge is -2.39. The number of carbonyl (C=O) groups is 1. The predicted molar refractivity (Wildman–Crippen MR) is 93.3 cm³/mol. The largest absolute Gasteiger partial charge is 0.334 e. The van der Waals surface area contributed by atoms with Gasteiger partial charge in [0.2, 0.25) is 5.91 Å². The van der Waals surface area contributed by atoms with E-state index >= 15 is 0 Å². The molecule has 0 aromatic carbocycles. The number of hydrogen-bond donors (Lipinski definition) is 0. The Kier molecular flexibility index (Phi) is 7.43. The quantitative estimate of drug-likeness (QED) is 0.625. The third-order valence-corrected chi connectivity index (χ3v) is 3.41. The highest BCUT2D eigenvalue weighted by Gasteiger charge is 2.33. The lowest BCUT2D eigenvalue weighted by atomic mass is 9.91. The van der Waals surface area contributed by atoms with Crippen molar-refractivity contribution in [1.29, 1.82) is 0 Å². The summed E-state index contributed by atoms with van der Waals surface area (Å²) in [6.07, 6.45) is 6.60. The summed E-state index contributed by atoms with van der Waals surface area (Å²) in [5.41, 5.74) is 2.23. The smallest absolute Gasteiger partial charge is 0.228 e. The summed E-state index contributed by atoms with van der Waals surface area (Å²) in [5, 5.41) is 0. The van der Waals surface area contributed by atoms with Gasteiger partial charge in [0, 0.05) is 17.5 Å². The minimum Gasteiger partial charge on any atom is -0.334 e. The molecule has 21 heavy (non-hydrogen) atoms. The van der Waals surface area contributed by atoms with Gasteiger partial charge in [-0.1, -0.05) is 44.1 Å². The van der Waals surface area contributed by atoms with Crippen LogP contribution in [0, 0.1) is 5.41 Å². The monoisotopic (exact) mass is 293 g/mol. The van der Waals surface area contributed by atoms with Crippen LogP contribution in [0.1, 0.15) is 75.2 Å². The normalized spacial score (nSPS) is 13.1. The second kappa shape index (κ2) is 7.82. The average Bonchev–Trinajstić information content (AvgIpc) is 2.25. The molecule has 0 atom stereocenters. The Bertz CT molecular complexity index is 398. The van der Waals surface area contributed by atoms with Crippen molar-refractivity contribution in [3.05, 3.63) is 23.3 Å². The van der Waals surface area contributed by atoms with Crippen molar-refractivity contribution in [3.8, 4) is 0 Å². The third-order valence-electron chi connectivity index (χ3n) is 3.41. The first kappa shape index (κ1) is 19.9. The predicted octanol–water partition coefficient (Wildman–Crippen LogP) is 5.35. The van der Waals surface area contributed by atoms with Crippen molar-refractivity contribution < 1.29 is 4.79 Å². The lowest BCUT2D eigenvalue weighted by molar-refractivity contribution is -0.143. The third kappa shape index (κ3) is 8.08. The van der Waals surface area contributed by atoms with E-state index in [0.717, 1.165) is 12.8 Å². The van der Waals surface area contributed by atoms with Crippen LogP contribution >= 0.6 is 0 Å². The molecule has 0 aliphatic rings. The fourth-order valence-electron chi connectivity index (χ4n) is 2.00. The van der Waals surface area contributed by atoms with Gasteiger partial charge in [0.15, 0.2) is 0 Å². The maximum atomic E-state index is 12.6. The molecule has 0 unspecified atom stereocenters. The Morgan fingerprint density at radius 1 is 0.952 bits per heavy atom. The molecule has 0 heterocycles. The van der Waals surface area contributed by atoms with E-state index in [2.05, 4.69) is 53.7 Å². The van der Waals surface area contributed by atoms with Crippen LogP contribution in [0.3, 0.4) is 0 Å². The van der Waals surface area contributed by atoms with Gasteiger partial charge in [0.05, 0.1) is 0 Å². The van der Waals surface area contributed by atoms with Gasteiger partial charge in [-0.3, -0.25) is 4.79 Å². The van der Waals surface area contributed by atoms with Crippen LogP contribution in [0.2, 0.25) is 0 Å². The Morgan fingerprint density at radius 2 is 1.48 bits per heavy atom. The Labute approximate surface area is 132 Å². The molecular formula is C19H35NO. The molecule has 0 aliphatic carbocycles. The summed E-state index contributed by atoms with van der Waals surface area (Å²) in [5.74, 6) is 0.211. The van der Waals surface area contributed by atoms with E-state index in [9.17, 15) is 4.79 Å². The van der Waals surface area contributed by atoms with Crippen LogP contribution in [0.15, 0.2) is 23.3 Å². The molecule has 0 N–H and O–H groups in total. The van der Waals surface area contributed by atoms with E-state index in [-0.39, 0.29) is 16.9 Å². The number of rotatable bonds is 5. The molecule has 2 heteroatoms. The second-order valence-electron chi connectivity index (χ2n) is 8.21. The van der Waals surface area contributed by atoms with Crippen molar-refractivity contribution in [3.63, 3.8) is 0 Å². The van der Waals surface area contributed by atoms with E-state index in [1.54, 1.807) is 0 Å². The first-order chi connectivity index (χ1) is 9.35. The van der Waals surface area contributed by atoms with Crippen molar-refractivity contribution in [2.75, 3.05) is 6.54 Å². The zero-order valence-corrected chi connectivity index (χ0v) is 15.6. The minimum absolute atomic E-state index is 0.152. The van der Waals surface area contributed by atoms with E-state index in [4.69, 9.17) is 0 Å². The summed E-state index contributed by atoms with van der Waals surface area (Å²) < 4.78 is 0. The molecule has 0 aromatic heterocycles. The first-order valence-corrected chi connectivity index (χ1v) is 7.96. The standard InChI is InChI=1S/C19H35NO/c1-15(2)11-10-12-16(3)13-14-20(19(7,8)9)17(21)18(4,5)6/h11,13H,10,12,14H2,1-9H3/b16-13+. The van der Waals surface area contributed by atoms with Crippen molar-refractivity contribution >= 4 is 5.91 Å². The number of amides is 1. The Balaban J connectivity index is 4.86. The van der Waals surface area contributed by atoms with Gasteiger partial charge in [0.25, 0.3) is 0 Å². The molecule has 0 rings (SSSR count). The van der Waals surface area contributed by atoms with Crippen LogP contribution in [0.4, 0.5) is 0 Å². The molecule has 0 spiro atoms. The molecule has 2 nitrogen and oxygen atoms in total. The summed E-state index contributed by atoms with van der Waals surface area (Å²) in [7, 11) is 0. The van der Waals surface area contributed by atoms with Crippen LogP contribution in [-0.2, 0) is 4.79 Å². The number of hydrogen-bond acceptors (Lipinski definition) is 1. The highest BCUT2D eigenvalue weighted by molar-refractivity contribution is 5.82. The van der Waals surface area contributed by atoms with E-state index < -0.39 is 0 Å². The molecule has 0 radical (unpaired) electrons. The van der Waals surface area contributed by atoms with Gasteiger partial charge in [-0.2, -0.15) is 0 Å². The molecule has 0 bridgehead atoms. The molecule has 0 saturated heterocycles. The van der Waals surface area contributed by atoms with Gasteiger partial charge < -0.3 is 4.90 Å². The van der Waals surface area contributed by atoms with Crippen molar-refractivity contribution in [2.24, 2.45) is 5.41 Å². The number of allylic oxidation sites excluding steroid dienone is 3. The van der Waals surface area contributed by atoms with Crippen molar-refractivity contribution in [1.82, 2.24) is 4.90 Å². The fourth-order valence-corrected chi connectivity index (χ4v) is 2.00. The maximum absolute atomic E-state index is 12.6. The zero-order chi connectivity index (χ0) is 16.8. The molecule has 1 amide bonds. The second-order valence-corrected chi connectivity index (χ2v) is 8.21. The Hall–Kier alpha value is -1.05. The van der Waals surface area contributed by atoms with Gasteiger partial charge >= 0.3 is 0 Å². The first-order valence-electron chi connectivity index (χ1n) is 7.96. The molecule has 0 saturated carbocycles. The molecule has 0 aliphatic heterocycles. The summed E-state index contributed by atoms with van der Waals surface area (Å²) >= 11 is 0. The highest BCUT2D eigenvalue weighted by Crippen LogP contribution is 2.24. The van der Waals surface area contributed by atoms with Crippen LogP contribution in [0.25, 0.3) is 0 Å². The van der Waals surface area contributed by atoms with Gasteiger partial charge in [0.1, 0.15) is 0 Å². The van der Waals surface area contributed by atoms with E-state index in [1.165, 1.54) is 11.1 Å². The maximum Gasteiger partial charge on any atom is 0.228 e. The van der Waals surface area contributed by atoms with Gasteiger partial charge in [-0.15, -0.1) is 0 Å². The SMILES string of the molecule is CC(C)=CCC/C(C)=C/CN(C(=O)C(C)(C)C)C(C)(C)C. The Morgan fingerprint density at radius 3 is 1.86 bits per heavy atom. The summed E-state index contributed by atoms with van der Waals surface area (Å²) in [6, 6.07) is 0. The lowest BCUT2D eigenvalue weighted by Crippen LogP contribution is -2.50. The minimum atomic E-state index is -0.336. The van der Waals surface area contributed by atoms with Crippen LogP contribution in [-0.4, -0.2) is 22.9 Å².